The van der Waals surface area contributed by atoms with Gasteiger partial charge in [0.2, 0.25) is 0 Å². The molecule has 0 bridgehead atoms. The van der Waals surface area contributed by atoms with Gasteiger partial charge in [-0.2, -0.15) is 4.08 Å². The van der Waals surface area contributed by atoms with Gasteiger partial charge in [0.05, 0.1) is 11.9 Å². The highest BCUT2D eigenvalue weighted by molar-refractivity contribution is 7.52. The molecule has 14 heavy (non-hydrogen) atoms. The molecule has 0 amide bonds. The first kappa shape index (κ1) is 12.0. The van der Waals surface area contributed by atoms with Crippen LogP contribution in [0.15, 0.2) is 24.3 Å². The lowest BCUT2D eigenvalue weighted by Crippen LogP contribution is -2.30. The first-order valence-corrected chi connectivity index (χ1v) is 6.20. The molecule has 0 saturated carbocycles. The Morgan fingerprint density at radius 2 is 2.36 bits per heavy atom. The molecule has 4 nitrogen and oxygen atoms in total. The van der Waals surface area contributed by atoms with Crippen LogP contribution in [0.3, 0.4) is 0 Å². The molecule has 1 aliphatic rings. The summed E-state index contributed by atoms with van der Waals surface area (Å²) in [6, 6.07) is 0. The summed E-state index contributed by atoms with van der Waals surface area (Å²) in [4.78, 5) is 0. The van der Waals surface area contributed by atoms with Crippen LogP contribution in [0.2, 0.25) is 0 Å². The summed E-state index contributed by atoms with van der Waals surface area (Å²) in [6.07, 6.45) is 8.69. The Morgan fingerprint density at radius 3 is 2.79 bits per heavy atom. The van der Waals surface area contributed by atoms with Gasteiger partial charge in [-0.05, 0) is 12.8 Å². The molecule has 1 aliphatic carbocycles. The van der Waals surface area contributed by atoms with E-state index in [1.807, 2.05) is 31.2 Å². The number of hydrogen-bond acceptors (Lipinski definition) is 3. The van der Waals surface area contributed by atoms with Gasteiger partial charge in [-0.15, -0.1) is 0 Å². The fourth-order valence-corrected chi connectivity index (χ4v) is 2.19. The van der Waals surface area contributed by atoms with E-state index in [4.69, 9.17) is 21.9 Å². The topological polar surface area (TPSA) is 61.5 Å². The molecule has 0 aromatic rings. The molecular weight excluding hydrogens is 225 g/mol. The zero-order valence-corrected chi connectivity index (χ0v) is 9.50. The molecule has 0 heterocycles. The van der Waals surface area contributed by atoms with E-state index >= 15 is 0 Å². The first-order chi connectivity index (χ1) is 6.54. The van der Waals surface area contributed by atoms with Gasteiger partial charge in [0.1, 0.15) is 5.60 Å². The van der Waals surface area contributed by atoms with Crippen molar-refractivity contribution in [1.82, 2.24) is 0 Å². The summed E-state index contributed by atoms with van der Waals surface area (Å²) in [5.74, 6) is 0. The third-order valence-corrected chi connectivity index (χ3v) is 3.50. The lowest BCUT2D eigenvalue weighted by atomic mass is 9.93. The van der Waals surface area contributed by atoms with Crippen LogP contribution in [0.25, 0.3) is 0 Å². The van der Waals surface area contributed by atoms with Crippen LogP contribution in [0, 0.1) is 0 Å². The van der Waals surface area contributed by atoms with Gasteiger partial charge in [0.15, 0.2) is 0 Å². The van der Waals surface area contributed by atoms with Crippen molar-refractivity contribution >= 4 is 19.6 Å². The van der Waals surface area contributed by atoms with Crippen LogP contribution in [-0.4, -0.2) is 5.60 Å². The van der Waals surface area contributed by atoms with Crippen molar-refractivity contribution in [2.24, 2.45) is 5.50 Å². The standard InChI is InChI=1S/C8H13ClNO3P/c1-2-8(6-4-3-5-7-8)12-14(10,11)13-9/h3-6H,2,7H2,1H3,(H2,10,11)/t8-,14?/m0/s1. The zero-order chi connectivity index (χ0) is 10.7. The summed E-state index contributed by atoms with van der Waals surface area (Å²) in [5, 5.41) is 0. The van der Waals surface area contributed by atoms with Gasteiger partial charge in [-0.25, -0.2) is 10.1 Å². The van der Waals surface area contributed by atoms with Crippen LogP contribution in [0.4, 0.5) is 0 Å². The van der Waals surface area contributed by atoms with Crippen molar-refractivity contribution in [2.75, 3.05) is 0 Å². The maximum atomic E-state index is 11.4. The van der Waals surface area contributed by atoms with Gasteiger partial charge < -0.3 is 0 Å². The van der Waals surface area contributed by atoms with E-state index < -0.39 is 13.3 Å². The second-order valence-electron chi connectivity index (χ2n) is 3.11. The summed E-state index contributed by atoms with van der Waals surface area (Å²) >= 11 is 4.98. The van der Waals surface area contributed by atoms with Crippen molar-refractivity contribution in [3.8, 4) is 0 Å². The number of halogens is 1. The van der Waals surface area contributed by atoms with Crippen LogP contribution in [-0.2, 0) is 13.2 Å². The van der Waals surface area contributed by atoms with E-state index in [1.165, 1.54) is 0 Å². The average Bonchev–Trinajstić information content (AvgIpc) is 2.19. The van der Waals surface area contributed by atoms with Crippen LogP contribution in [0.1, 0.15) is 19.8 Å². The fraction of sp³-hybridized carbons (Fsp3) is 0.500. The van der Waals surface area contributed by atoms with Gasteiger partial charge >= 0.3 is 7.75 Å². The van der Waals surface area contributed by atoms with E-state index in [0.29, 0.717) is 12.8 Å². The van der Waals surface area contributed by atoms with Gasteiger partial charge in [-0.3, -0.25) is 4.52 Å². The molecule has 0 fully saturated rings. The lowest BCUT2D eigenvalue weighted by Gasteiger charge is -2.31. The van der Waals surface area contributed by atoms with Crippen molar-refractivity contribution in [3.05, 3.63) is 24.3 Å². The van der Waals surface area contributed by atoms with Crippen molar-refractivity contribution in [2.45, 2.75) is 25.4 Å². The maximum Gasteiger partial charge on any atom is 0.420 e. The van der Waals surface area contributed by atoms with E-state index in [1.54, 1.807) is 0 Å². The summed E-state index contributed by atoms with van der Waals surface area (Å²) < 4.78 is 20.7. The number of hydrogen-bond donors (Lipinski definition) is 1. The van der Waals surface area contributed by atoms with Gasteiger partial charge in [0, 0.05) is 0 Å². The zero-order valence-electron chi connectivity index (χ0n) is 7.85. The minimum Gasteiger partial charge on any atom is -0.285 e. The third kappa shape index (κ3) is 2.94. The molecule has 1 unspecified atom stereocenters. The molecule has 0 radical (unpaired) electrons. The Bertz CT molecular complexity index is 305. The van der Waals surface area contributed by atoms with Crippen LogP contribution >= 0.6 is 19.6 Å². The van der Waals surface area contributed by atoms with E-state index in [2.05, 4.69) is 4.08 Å². The Labute approximate surface area is 88.5 Å². The highest BCUT2D eigenvalue weighted by Crippen LogP contribution is 2.47. The molecule has 2 atom stereocenters. The quantitative estimate of drug-likeness (QED) is 0.764. The number of allylic oxidation sites excluding steroid dienone is 2. The second-order valence-corrected chi connectivity index (χ2v) is 4.92. The van der Waals surface area contributed by atoms with Crippen molar-refractivity contribution in [3.63, 3.8) is 0 Å². The van der Waals surface area contributed by atoms with Crippen molar-refractivity contribution in [1.29, 1.82) is 0 Å². The average molecular weight is 238 g/mol. The number of nitrogens with two attached hydrogens (primary N) is 1. The minimum absolute atomic E-state index is 0.613. The summed E-state index contributed by atoms with van der Waals surface area (Å²) in [6.45, 7) is 1.91. The van der Waals surface area contributed by atoms with E-state index in [9.17, 15) is 4.57 Å². The molecule has 2 N–H and O–H groups in total. The molecule has 0 spiro atoms. The molecule has 0 aromatic carbocycles. The minimum atomic E-state index is -3.64. The lowest BCUT2D eigenvalue weighted by molar-refractivity contribution is 0.103. The first-order valence-electron chi connectivity index (χ1n) is 4.28. The van der Waals surface area contributed by atoms with E-state index in [0.717, 1.165) is 0 Å². The van der Waals surface area contributed by atoms with Gasteiger partial charge in [-0.1, -0.05) is 31.2 Å². The van der Waals surface area contributed by atoms with Gasteiger partial charge in [0.25, 0.3) is 0 Å². The predicted molar refractivity (Wildman–Crippen MR) is 55.7 cm³/mol. The molecule has 0 aliphatic heterocycles. The summed E-state index contributed by atoms with van der Waals surface area (Å²) in [5.41, 5.74) is 4.57. The summed E-state index contributed by atoms with van der Waals surface area (Å²) in [7, 11) is -3.64. The Balaban J connectivity index is 2.77. The Hall–Kier alpha value is -0.120. The molecule has 1 rings (SSSR count). The highest BCUT2D eigenvalue weighted by Gasteiger charge is 2.34. The van der Waals surface area contributed by atoms with Crippen LogP contribution < -0.4 is 5.50 Å². The maximum absolute atomic E-state index is 11.4. The molecular formula is C8H13ClNO3P. The molecule has 0 aromatic heterocycles. The fourth-order valence-electron chi connectivity index (χ4n) is 1.31. The SMILES string of the molecule is CC[C@]1(OP(N)(=O)OCl)C=CC=CC1. The molecule has 0 saturated heterocycles. The second kappa shape index (κ2) is 4.60. The Morgan fingerprint density at radius 1 is 1.64 bits per heavy atom. The monoisotopic (exact) mass is 237 g/mol. The van der Waals surface area contributed by atoms with Crippen LogP contribution in [0.5, 0.6) is 0 Å². The largest absolute Gasteiger partial charge is 0.420 e. The normalized spacial score (nSPS) is 30.2. The molecule has 80 valence electrons. The third-order valence-electron chi connectivity index (χ3n) is 2.11. The smallest absolute Gasteiger partial charge is 0.285 e. The Kier molecular flexibility index (Phi) is 3.93. The predicted octanol–water partition coefficient (Wildman–Crippen LogP) is 2.91. The van der Waals surface area contributed by atoms with Crippen molar-refractivity contribution < 1.29 is 13.2 Å². The number of rotatable bonds is 4. The van der Waals surface area contributed by atoms with E-state index in [-0.39, 0.29) is 0 Å². The highest BCUT2D eigenvalue weighted by atomic mass is 35.5. The molecule has 6 heteroatoms.